The second kappa shape index (κ2) is 5.72. The first-order chi connectivity index (χ1) is 9.47. The standard InChI is InChI=1S/C12H14FN3O4/c13-9-1-2-11(16(19)20)10(5-9)14-6-8-3-4-15(7-8)12(17)18/h1-2,5,8,14H,3-4,6-7H2,(H,17,18)/t8-/m0/s1. The Bertz CT molecular complexity index is 537. The molecule has 0 bridgehead atoms. The summed E-state index contributed by atoms with van der Waals surface area (Å²) < 4.78 is 13.1. The summed E-state index contributed by atoms with van der Waals surface area (Å²) in [5.41, 5.74) is -0.0803. The van der Waals surface area contributed by atoms with Crippen molar-refractivity contribution >= 4 is 17.5 Å². The van der Waals surface area contributed by atoms with Gasteiger partial charge in [0.25, 0.3) is 5.69 Å². The maximum atomic E-state index is 13.1. The molecule has 0 spiro atoms. The van der Waals surface area contributed by atoms with Gasteiger partial charge in [0.1, 0.15) is 11.5 Å². The number of rotatable bonds is 4. The molecule has 0 saturated carbocycles. The number of halogens is 1. The minimum atomic E-state index is -0.968. The molecule has 1 saturated heterocycles. The summed E-state index contributed by atoms with van der Waals surface area (Å²) in [7, 11) is 0. The average molecular weight is 283 g/mol. The van der Waals surface area contributed by atoms with Crippen LogP contribution in [0, 0.1) is 21.8 Å². The molecule has 1 aliphatic heterocycles. The number of nitrogens with one attached hydrogen (secondary N) is 1. The predicted octanol–water partition coefficient (Wildman–Crippen LogP) is 2.15. The van der Waals surface area contributed by atoms with Gasteiger partial charge < -0.3 is 15.3 Å². The molecule has 8 heteroatoms. The van der Waals surface area contributed by atoms with Gasteiger partial charge in [-0.25, -0.2) is 9.18 Å². The fraction of sp³-hybridized carbons (Fsp3) is 0.417. The topological polar surface area (TPSA) is 95.7 Å². The van der Waals surface area contributed by atoms with E-state index in [0.29, 0.717) is 26.1 Å². The van der Waals surface area contributed by atoms with Crippen molar-refractivity contribution in [2.45, 2.75) is 6.42 Å². The summed E-state index contributed by atoms with van der Waals surface area (Å²) in [4.78, 5) is 22.3. The number of likely N-dealkylation sites (tertiary alicyclic amines) is 1. The second-order valence-corrected chi connectivity index (χ2v) is 4.68. The molecular weight excluding hydrogens is 269 g/mol. The lowest BCUT2D eigenvalue weighted by atomic mass is 10.1. The van der Waals surface area contributed by atoms with E-state index in [1.165, 1.54) is 4.90 Å². The summed E-state index contributed by atoms with van der Waals surface area (Å²) in [6.07, 6.45) is -0.285. The van der Waals surface area contributed by atoms with Gasteiger partial charge in [0.15, 0.2) is 0 Å². The number of anilines is 1. The number of carboxylic acid groups (broad SMARTS) is 1. The van der Waals surface area contributed by atoms with E-state index in [1.54, 1.807) is 0 Å². The van der Waals surface area contributed by atoms with Crippen molar-refractivity contribution in [1.29, 1.82) is 0 Å². The first kappa shape index (κ1) is 14.0. The van der Waals surface area contributed by atoms with Crippen molar-refractivity contribution in [3.8, 4) is 0 Å². The number of carbonyl (C=O) groups is 1. The third-order valence-corrected chi connectivity index (χ3v) is 3.29. The summed E-state index contributed by atoms with van der Waals surface area (Å²) in [5, 5.41) is 22.5. The highest BCUT2D eigenvalue weighted by atomic mass is 19.1. The van der Waals surface area contributed by atoms with Crippen molar-refractivity contribution < 1.29 is 19.2 Å². The van der Waals surface area contributed by atoms with E-state index in [-0.39, 0.29) is 17.3 Å². The Morgan fingerprint density at radius 2 is 2.35 bits per heavy atom. The smallest absolute Gasteiger partial charge is 0.407 e. The SMILES string of the molecule is O=C(O)N1CC[C@@H](CNc2cc(F)ccc2[N+](=O)[O-])C1. The zero-order valence-corrected chi connectivity index (χ0v) is 10.6. The molecule has 20 heavy (non-hydrogen) atoms. The molecule has 0 unspecified atom stereocenters. The molecule has 2 N–H and O–H groups in total. The van der Waals surface area contributed by atoms with Crippen LogP contribution in [0.2, 0.25) is 0 Å². The van der Waals surface area contributed by atoms with Gasteiger partial charge in [0.05, 0.1) is 4.92 Å². The highest BCUT2D eigenvalue weighted by Crippen LogP contribution is 2.26. The van der Waals surface area contributed by atoms with E-state index < -0.39 is 16.8 Å². The van der Waals surface area contributed by atoms with Gasteiger partial charge in [0, 0.05) is 31.8 Å². The Morgan fingerprint density at radius 3 is 2.95 bits per heavy atom. The second-order valence-electron chi connectivity index (χ2n) is 4.68. The highest BCUT2D eigenvalue weighted by molar-refractivity contribution is 5.65. The largest absolute Gasteiger partial charge is 0.465 e. The quantitative estimate of drug-likeness (QED) is 0.652. The van der Waals surface area contributed by atoms with Crippen molar-refractivity contribution in [2.75, 3.05) is 25.0 Å². The summed E-state index contributed by atoms with van der Waals surface area (Å²) >= 11 is 0. The molecule has 1 heterocycles. The van der Waals surface area contributed by atoms with Crippen LogP contribution in [0.25, 0.3) is 0 Å². The van der Waals surface area contributed by atoms with Crippen LogP contribution in [-0.4, -0.2) is 40.7 Å². The van der Waals surface area contributed by atoms with Gasteiger partial charge in [-0.2, -0.15) is 0 Å². The van der Waals surface area contributed by atoms with E-state index in [1.807, 2.05) is 0 Å². The average Bonchev–Trinajstić information content (AvgIpc) is 2.85. The van der Waals surface area contributed by atoms with Gasteiger partial charge in [-0.3, -0.25) is 10.1 Å². The Labute approximate surface area is 114 Å². The van der Waals surface area contributed by atoms with Gasteiger partial charge in [-0.15, -0.1) is 0 Å². The molecule has 1 atom stereocenters. The number of amides is 1. The summed E-state index contributed by atoms with van der Waals surface area (Å²) in [6, 6.07) is 3.21. The summed E-state index contributed by atoms with van der Waals surface area (Å²) in [6.45, 7) is 1.20. The van der Waals surface area contributed by atoms with E-state index in [0.717, 1.165) is 18.2 Å². The zero-order valence-electron chi connectivity index (χ0n) is 10.6. The molecule has 108 valence electrons. The normalized spacial score (nSPS) is 18.1. The van der Waals surface area contributed by atoms with E-state index in [9.17, 15) is 19.3 Å². The van der Waals surface area contributed by atoms with Crippen LogP contribution in [0.4, 0.5) is 20.6 Å². The molecule has 2 rings (SSSR count). The third kappa shape index (κ3) is 3.14. The minimum absolute atomic E-state index is 0.0639. The predicted molar refractivity (Wildman–Crippen MR) is 69.2 cm³/mol. The van der Waals surface area contributed by atoms with Gasteiger partial charge in [-0.1, -0.05) is 0 Å². The molecule has 0 aromatic heterocycles. The van der Waals surface area contributed by atoms with Crippen molar-refractivity contribution in [3.63, 3.8) is 0 Å². The summed E-state index contributed by atoms with van der Waals surface area (Å²) in [5.74, 6) is -0.495. The minimum Gasteiger partial charge on any atom is -0.465 e. The Hall–Kier alpha value is -2.38. The fourth-order valence-electron chi connectivity index (χ4n) is 2.24. The molecule has 1 aromatic rings. The van der Waals surface area contributed by atoms with Crippen LogP contribution in [0.3, 0.4) is 0 Å². The lowest BCUT2D eigenvalue weighted by Gasteiger charge is -2.13. The molecule has 1 amide bonds. The number of nitro groups is 1. The monoisotopic (exact) mass is 283 g/mol. The first-order valence-electron chi connectivity index (χ1n) is 6.13. The Kier molecular flexibility index (Phi) is 4.02. The number of nitro benzene ring substituents is 1. The van der Waals surface area contributed by atoms with Crippen LogP contribution < -0.4 is 5.32 Å². The van der Waals surface area contributed by atoms with E-state index in [2.05, 4.69) is 5.32 Å². The van der Waals surface area contributed by atoms with Crippen LogP contribution >= 0.6 is 0 Å². The first-order valence-corrected chi connectivity index (χ1v) is 6.13. The lowest BCUT2D eigenvalue weighted by Crippen LogP contribution is -2.27. The molecular formula is C12H14FN3O4. The van der Waals surface area contributed by atoms with Crippen LogP contribution in [-0.2, 0) is 0 Å². The zero-order chi connectivity index (χ0) is 14.7. The number of hydrogen-bond donors (Lipinski definition) is 2. The Balaban J connectivity index is 1.99. The molecule has 1 aliphatic rings. The van der Waals surface area contributed by atoms with Crippen LogP contribution in [0.5, 0.6) is 0 Å². The highest BCUT2D eigenvalue weighted by Gasteiger charge is 2.26. The Morgan fingerprint density at radius 1 is 1.60 bits per heavy atom. The maximum Gasteiger partial charge on any atom is 0.407 e. The lowest BCUT2D eigenvalue weighted by molar-refractivity contribution is -0.384. The van der Waals surface area contributed by atoms with Gasteiger partial charge in [0.2, 0.25) is 0 Å². The maximum absolute atomic E-state index is 13.1. The van der Waals surface area contributed by atoms with Crippen molar-refractivity contribution in [3.05, 3.63) is 34.1 Å². The number of hydrogen-bond acceptors (Lipinski definition) is 4. The van der Waals surface area contributed by atoms with Crippen molar-refractivity contribution in [2.24, 2.45) is 5.92 Å². The number of benzene rings is 1. The van der Waals surface area contributed by atoms with Crippen LogP contribution in [0.1, 0.15) is 6.42 Å². The van der Waals surface area contributed by atoms with E-state index in [4.69, 9.17) is 5.11 Å². The number of nitrogens with zero attached hydrogens (tertiary/aromatic N) is 2. The molecule has 1 aromatic carbocycles. The van der Waals surface area contributed by atoms with Crippen LogP contribution in [0.15, 0.2) is 18.2 Å². The fourth-order valence-corrected chi connectivity index (χ4v) is 2.24. The van der Waals surface area contributed by atoms with E-state index >= 15 is 0 Å². The molecule has 0 radical (unpaired) electrons. The van der Waals surface area contributed by atoms with Crippen molar-refractivity contribution in [1.82, 2.24) is 4.90 Å². The molecule has 0 aliphatic carbocycles. The molecule has 1 fully saturated rings. The van der Waals surface area contributed by atoms with Gasteiger partial charge in [-0.05, 0) is 18.4 Å². The molecule has 7 nitrogen and oxygen atoms in total. The van der Waals surface area contributed by atoms with Gasteiger partial charge >= 0.3 is 6.09 Å². The third-order valence-electron chi connectivity index (χ3n) is 3.29.